The standard InChI is InChI=1S/C29H27ClN2O3S/c1-21-12-16-25(17-13-21)32(36(34,35)26-18-14-24(30)15-19-26)20-28(33)31-29(23-9-4-3-5-10-23)27-11-7-6-8-22(27)2/h3-19,29H,20H2,1-2H3,(H,31,33)/t29-/m0/s1. The number of amides is 1. The number of carbonyl (C=O) groups excluding carboxylic acids is 1. The molecule has 0 aliphatic heterocycles. The molecule has 1 atom stereocenters. The van der Waals surface area contributed by atoms with E-state index >= 15 is 0 Å². The van der Waals surface area contributed by atoms with Gasteiger partial charge < -0.3 is 5.32 Å². The van der Waals surface area contributed by atoms with E-state index < -0.39 is 22.0 Å². The Labute approximate surface area is 217 Å². The minimum atomic E-state index is -4.04. The molecule has 5 nitrogen and oxygen atoms in total. The van der Waals surface area contributed by atoms with E-state index in [1.54, 1.807) is 12.1 Å². The van der Waals surface area contributed by atoms with E-state index in [2.05, 4.69) is 5.32 Å². The molecule has 0 fully saturated rings. The molecule has 184 valence electrons. The molecule has 0 radical (unpaired) electrons. The van der Waals surface area contributed by atoms with Crippen LogP contribution in [0.3, 0.4) is 0 Å². The van der Waals surface area contributed by atoms with Gasteiger partial charge in [-0.3, -0.25) is 9.10 Å². The molecule has 4 rings (SSSR count). The van der Waals surface area contributed by atoms with Gasteiger partial charge in [0.1, 0.15) is 6.54 Å². The summed E-state index contributed by atoms with van der Waals surface area (Å²) in [6.45, 7) is 3.52. The Bertz CT molecular complexity index is 1440. The zero-order chi connectivity index (χ0) is 25.7. The summed E-state index contributed by atoms with van der Waals surface area (Å²) >= 11 is 5.97. The van der Waals surface area contributed by atoms with Crippen molar-refractivity contribution in [3.63, 3.8) is 0 Å². The molecule has 0 unspecified atom stereocenters. The lowest BCUT2D eigenvalue weighted by molar-refractivity contribution is -0.120. The molecule has 1 amide bonds. The normalized spacial score (nSPS) is 12.1. The smallest absolute Gasteiger partial charge is 0.264 e. The zero-order valence-corrected chi connectivity index (χ0v) is 21.6. The van der Waals surface area contributed by atoms with E-state index in [1.165, 1.54) is 24.3 Å². The Hall–Kier alpha value is -3.61. The van der Waals surface area contributed by atoms with Crippen LogP contribution >= 0.6 is 11.6 Å². The maximum Gasteiger partial charge on any atom is 0.264 e. The van der Waals surface area contributed by atoms with Gasteiger partial charge in [0.25, 0.3) is 10.0 Å². The number of benzene rings is 4. The Morgan fingerprint density at radius 1 is 0.833 bits per heavy atom. The Morgan fingerprint density at radius 2 is 1.44 bits per heavy atom. The summed E-state index contributed by atoms with van der Waals surface area (Å²) in [5.41, 5.74) is 4.26. The second kappa shape index (κ2) is 11.0. The highest BCUT2D eigenvalue weighted by Crippen LogP contribution is 2.27. The van der Waals surface area contributed by atoms with E-state index in [4.69, 9.17) is 11.6 Å². The summed E-state index contributed by atoms with van der Waals surface area (Å²) < 4.78 is 28.4. The highest BCUT2D eigenvalue weighted by molar-refractivity contribution is 7.92. The van der Waals surface area contributed by atoms with Gasteiger partial charge in [0.05, 0.1) is 16.6 Å². The molecule has 36 heavy (non-hydrogen) atoms. The SMILES string of the molecule is Cc1ccc(N(CC(=O)N[C@@H](c2ccccc2)c2ccccc2C)S(=O)(=O)c2ccc(Cl)cc2)cc1. The fraction of sp³-hybridized carbons (Fsp3) is 0.138. The molecule has 1 N–H and O–H groups in total. The van der Waals surface area contributed by atoms with Gasteiger partial charge in [0.2, 0.25) is 5.91 Å². The van der Waals surface area contributed by atoms with Crippen LogP contribution in [0.5, 0.6) is 0 Å². The number of hydrogen-bond acceptors (Lipinski definition) is 3. The van der Waals surface area contributed by atoms with Crippen molar-refractivity contribution in [1.82, 2.24) is 5.32 Å². The minimum absolute atomic E-state index is 0.0544. The van der Waals surface area contributed by atoms with Gasteiger partial charge in [0.15, 0.2) is 0 Å². The fourth-order valence-electron chi connectivity index (χ4n) is 3.99. The predicted molar refractivity (Wildman–Crippen MR) is 145 cm³/mol. The van der Waals surface area contributed by atoms with Crippen LogP contribution in [0.25, 0.3) is 0 Å². The number of aryl methyl sites for hydroxylation is 2. The largest absolute Gasteiger partial charge is 0.344 e. The average Bonchev–Trinajstić information content (AvgIpc) is 2.88. The predicted octanol–water partition coefficient (Wildman–Crippen LogP) is 6.06. The Kier molecular flexibility index (Phi) is 7.77. The Morgan fingerprint density at radius 3 is 2.08 bits per heavy atom. The van der Waals surface area contributed by atoms with Gasteiger partial charge in [-0.15, -0.1) is 0 Å². The van der Waals surface area contributed by atoms with Crippen LogP contribution < -0.4 is 9.62 Å². The molecule has 0 spiro atoms. The van der Waals surface area contributed by atoms with Gasteiger partial charge in [-0.2, -0.15) is 0 Å². The van der Waals surface area contributed by atoms with Crippen molar-refractivity contribution in [2.75, 3.05) is 10.8 Å². The number of anilines is 1. The summed E-state index contributed by atoms with van der Waals surface area (Å²) in [6, 6.07) is 30.0. The molecule has 4 aromatic rings. The topological polar surface area (TPSA) is 66.5 Å². The first-order chi connectivity index (χ1) is 17.3. The molecular weight excluding hydrogens is 492 g/mol. The first-order valence-corrected chi connectivity index (χ1v) is 13.3. The average molecular weight is 519 g/mol. The second-order valence-electron chi connectivity index (χ2n) is 8.57. The monoisotopic (exact) mass is 518 g/mol. The van der Waals surface area contributed by atoms with Crippen molar-refractivity contribution in [3.05, 3.63) is 130 Å². The van der Waals surface area contributed by atoms with Crippen LogP contribution in [-0.2, 0) is 14.8 Å². The van der Waals surface area contributed by atoms with Crippen molar-refractivity contribution < 1.29 is 13.2 Å². The highest BCUT2D eigenvalue weighted by atomic mass is 35.5. The van der Waals surface area contributed by atoms with Crippen LogP contribution in [0, 0.1) is 13.8 Å². The molecule has 0 bridgehead atoms. The van der Waals surface area contributed by atoms with Crippen molar-refractivity contribution >= 4 is 33.2 Å². The van der Waals surface area contributed by atoms with Crippen LogP contribution in [0.2, 0.25) is 5.02 Å². The van der Waals surface area contributed by atoms with E-state index in [0.29, 0.717) is 10.7 Å². The summed E-state index contributed by atoms with van der Waals surface area (Å²) in [4.78, 5) is 13.5. The molecular formula is C29H27ClN2O3S. The Balaban J connectivity index is 1.69. The van der Waals surface area contributed by atoms with E-state index in [1.807, 2.05) is 80.6 Å². The maximum atomic E-state index is 13.6. The summed E-state index contributed by atoms with van der Waals surface area (Å²) in [6.07, 6.45) is 0. The third kappa shape index (κ3) is 5.78. The number of nitrogens with zero attached hydrogens (tertiary/aromatic N) is 1. The van der Waals surface area contributed by atoms with Gasteiger partial charge in [-0.1, -0.05) is 83.9 Å². The second-order valence-corrected chi connectivity index (χ2v) is 10.9. The lowest BCUT2D eigenvalue weighted by Gasteiger charge is -2.27. The summed E-state index contributed by atoms with van der Waals surface area (Å²) in [7, 11) is -4.04. The molecule has 0 aromatic heterocycles. The van der Waals surface area contributed by atoms with Crippen molar-refractivity contribution in [3.8, 4) is 0 Å². The first-order valence-electron chi connectivity index (χ1n) is 11.5. The number of carbonyl (C=O) groups is 1. The van der Waals surface area contributed by atoms with Gasteiger partial charge in [-0.05, 0) is 66.9 Å². The number of halogens is 1. The lowest BCUT2D eigenvalue weighted by Crippen LogP contribution is -2.42. The van der Waals surface area contributed by atoms with Crippen LogP contribution in [0.15, 0.2) is 108 Å². The lowest BCUT2D eigenvalue weighted by atomic mass is 9.95. The summed E-state index contributed by atoms with van der Waals surface area (Å²) in [5, 5.41) is 3.50. The van der Waals surface area contributed by atoms with Crippen molar-refractivity contribution in [2.24, 2.45) is 0 Å². The number of hydrogen-bond donors (Lipinski definition) is 1. The van der Waals surface area contributed by atoms with Crippen LogP contribution in [0.4, 0.5) is 5.69 Å². The van der Waals surface area contributed by atoms with Crippen LogP contribution in [-0.4, -0.2) is 20.9 Å². The zero-order valence-electron chi connectivity index (χ0n) is 20.1. The molecule has 0 aliphatic rings. The van der Waals surface area contributed by atoms with E-state index in [-0.39, 0.29) is 11.4 Å². The first kappa shape index (κ1) is 25.5. The molecule has 0 saturated heterocycles. The number of sulfonamides is 1. The highest BCUT2D eigenvalue weighted by Gasteiger charge is 2.28. The third-order valence-corrected chi connectivity index (χ3v) is 7.99. The number of rotatable bonds is 8. The van der Waals surface area contributed by atoms with Gasteiger partial charge in [0, 0.05) is 5.02 Å². The quantitative estimate of drug-likeness (QED) is 0.308. The number of nitrogens with one attached hydrogen (secondary N) is 1. The van der Waals surface area contributed by atoms with Gasteiger partial charge in [-0.25, -0.2) is 8.42 Å². The molecule has 7 heteroatoms. The van der Waals surface area contributed by atoms with Gasteiger partial charge >= 0.3 is 0 Å². The minimum Gasteiger partial charge on any atom is -0.344 e. The van der Waals surface area contributed by atoms with Crippen LogP contribution in [0.1, 0.15) is 28.3 Å². The fourth-order valence-corrected chi connectivity index (χ4v) is 5.54. The molecule has 0 saturated carbocycles. The third-order valence-electron chi connectivity index (χ3n) is 5.95. The van der Waals surface area contributed by atoms with Crippen molar-refractivity contribution in [1.29, 1.82) is 0 Å². The van der Waals surface area contributed by atoms with E-state index in [0.717, 1.165) is 26.6 Å². The van der Waals surface area contributed by atoms with E-state index in [9.17, 15) is 13.2 Å². The molecule has 0 heterocycles. The van der Waals surface area contributed by atoms with Crippen molar-refractivity contribution in [2.45, 2.75) is 24.8 Å². The summed E-state index contributed by atoms with van der Waals surface area (Å²) in [5.74, 6) is -0.426. The maximum absolute atomic E-state index is 13.6. The molecule has 4 aromatic carbocycles. The molecule has 0 aliphatic carbocycles.